The molecule has 0 saturated carbocycles. The van der Waals surface area contributed by atoms with Gasteiger partial charge in [-0.3, -0.25) is 4.79 Å². The Hall–Kier alpha value is -2.04. The van der Waals surface area contributed by atoms with E-state index >= 15 is 0 Å². The SMILES string of the molecule is CC(C)(C)C(=O)NC(C(=O)O)c1ccc(O)cc1. The predicted molar refractivity (Wildman–Crippen MR) is 66.1 cm³/mol. The monoisotopic (exact) mass is 251 g/mol. The second-order valence-electron chi connectivity index (χ2n) is 5.09. The van der Waals surface area contributed by atoms with Gasteiger partial charge in [0.2, 0.25) is 5.91 Å². The number of carbonyl (C=O) groups excluding carboxylic acids is 1. The molecule has 0 spiro atoms. The standard InChI is InChI=1S/C13H17NO4/c1-13(2,3)12(18)14-10(11(16)17)8-4-6-9(15)7-5-8/h4-7,10,15H,1-3H3,(H,14,18)(H,16,17). The Bertz CT molecular complexity index is 445. The number of hydrogen-bond donors (Lipinski definition) is 3. The number of nitrogens with one attached hydrogen (secondary N) is 1. The fourth-order valence-electron chi connectivity index (χ4n) is 1.30. The molecule has 0 aliphatic carbocycles. The zero-order valence-electron chi connectivity index (χ0n) is 10.6. The number of benzene rings is 1. The van der Waals surface area contributed by atoms with Crippen molar-refractivity contribution in [1.29, 1.82) is 0 Å². The van der Waals surface area contributed by atoms with E-state index < -0.39 is 17.4 Å². The number of aliphatic carboxylic acids is 1. The second-order valence-corrected chi connectivity index (χ2v) is 5.09. The Morgan fingerprint density at radius 3 is 2.06 bits per heavy atom. The van der Waals surface area contributed by atoms with Crippen LogP contribution in [0.15, 0.2) is 24.3 Å². The topological polar surface area (TPSA) is 86.6 Å². The lowest BCUT2D eigenvalue weighted by atomic mass is 9.94. The lowest BCUT2D eigenvalue weighted by Gasteiger charge is -2.22. The number of rotatable bonds is 3. The highest BCUT2D eigenvalue weighted by Crippen LogP contribution is 2.20. The normalized spacial score (nSPS) is 12.8. The van der Waals surface area contributed by atoms with Crippen LogP contribution >= 0.6 is 0 Å². The summed E-state index contributed by atoms with van der Waals surface area (Å²) in [5.41, 5.74) is -0.247. The molecular weight excluding hydrogens is 234 g/mol. The average molecular weight is 251 g/mol. The molecule has 1 aromatic carbocycles. The molecule has 1 unspecified atom stereocenters. The molecule has 1 atom stereocenters. The van der Waals surface area contributed by atoms with Crippen LogP contribution in [0.5, 0.6) is 5.75 Å². The summed E-state index contributed by atoms with van der Waals surface area (Å²) in [5, 5.41) is 20.8. The van der Waals surface area contributed by atoms with Gasteiger partial charge < -0.3 is 15.5 Å². The highest BCUT2D eigenvalue weighted by Gasteiger charge is 2.28. The van der Waals surface area contributed by atoms with Crippen LogP contribution in [0.3, 0.4) is 0 Å². The van der Waals surface area contributed by atoms with Gasteiger partial charge in [0, 0.05) is 5.41 Å². The van der Waals surface area contributed by atoms with Gasteiger partial charge in [-0.15, -0.1) is 0 Å². The number of carboxylic acids is 1. The van der Waals surface area contributed by atoms with Gasteiger partial charge in [-0.1, -0.05) is 32.9 Å². The molecule has 0 aromatic heterocycles. The molecule has 5 nitrogen and oxygen atoms in total. The Morgan fingerprint density at radius 2 is 1.67 bits per heavy atom. The Morgan fingerprint density at radius 1 is 1.17 bits per heavy atom. The zero-order valence-corrected chi connectivity index (χ0v) is 10.6. The average Bonchev–Trinajstić information content (AvgIpc) is 2.25. The lowest BCUT2D eigenvalue weighted by molar-refractivity contribution is -0.143. The molecule has 0 saturated heterocycles. The van der Waals surface area contributed by atoms with E-state index in [4.69, 9.17) is 10.2 Å². The first-order chi connectivity index (χ1) is 8.21. The van der Waals surface area contributed by atoms with Gasteiger partial charge in [0.25, 0.3) is 0 Å². The van der Waals surface area contributed by atoms with Crippen molar-refractivity contribution in [3.63, 3.8) is 0 Å². The highest BCUT2D eigenvalue weighted by molar-refractivity contribution is 5.87. The van der Waals surface area contributed by atoms with Crippen LogP contribution in [0, 0.1) is 5.41 Å². The summed E-state index contributed by atoms with van der Waals surface area (Å²) in [6.07, 6.45) is 0. The van der Waals surface area contributed by atoms with E-state index in [0.717, 1.165) is 0 Å². The van der Waals surface area contributed by atoms with Crippen LogP contribution in [-0.4, -0.2) is 22.1 Å². The Balaban J connectivity index is 2.94. The van der Waals surface area contributed by atoms with E-state index in [9.17, 15) is 9.59 Å². The minimum Gasteiger partial charge on any atom is -0.508 e. The van der Waals surface area contributed by atoms with Gasteiger partial charge in [-0.05, 0) is 17.7 Å². The molecule has 0 heterocycles. The van der Waals surface area contributed by atoms with Gasteiger partial charge in [-0.25, -0.2) is 4.79 Å². The van der Waals surface area contributed by atoms with Crippen molar-refractivity contribution in [2.45, 2.75) is 26.8 Å². The minimum absolute atomic E-state index is 0.0463. The maximum atomic E-state index is 11.8. The number of hydrogen-bond acceptors (Lipinski definition) is 3. The number of amides is 1. The fraction of sp³-hybridized carbons (Fsp3) is 0.385. The van der Waals surface area contributed by atoms with Gasteiger partial charge in [-0.2, -0.15) is 0 Å². The van der Waals surface area contributed by atoms with Gasteiger partial charge >= 0.3 is 5.97 Å². The van der Waals surface area contributed by atoms with Crippen LogP contribution in [0.1, 0.15) is 32.4 Å². The third kappa shape index (κ3) is 3.48. The minimum atomic E-state index is -1.14. The van der Waals surface area contributed by atoms with E-state index in [1.165, 1.54) is 24.3 Å². The molecule has 1 aromatic rings. The van der Waals surface area contributed by atoms with Crippen LogP contribution in [0.2, 0.25) is 0 Å². The van der Waals surface area contributed by atoms with Crippen molar-refractivity contribution in [3.05, 3.63) is 29.8 Å². The summed E-state index contributed by atoms with van der Waals surface area (Å²) in [4.78, 5) is 23.0. The van der Waals surface area contributed by atoms with Gasteiger partial charge in [0.15, 0.2) is 6.04 Å². The molecular formula is C13H17NO4. The summed E-state index contributed by atoms with van der Waals surface area (Å²) < 4.78 is 0. The fourth-order valence-corrected chi connectivity index (χ4v) is 1.30. The molecule has 1 amide bonds. The first-order valence-electron chi connectivity index (χ1n) is 5.54. The number of carbonyl (C=O) groups is 2. The zero-order chi connectivity index (χ0) is 13.9. The molecule has 0 fully saturated rings. The van der Waals surface area contributed by atoms with Crippen molar-refractivity contribution in [2.75, 3.05) is 0 Å². The molecule has 5 heteroatoms. The van der Waals surface area contributed by atoms with E-state index in [0.29, 0.717) is 5.56 Å². The van der Waals surface area contributed by atoms with Crippen molar-refractivity contribution in [1.82, 2.24) is 5.32 Å². The number of phenolic OH excluding ortho intramolecular Hbond substituents is 1. The van der Waals surface area contributed by atoms with Gasteiger partial charge in [0.05, 0.1) is 0 Å². The van der Waals surface area contributed by atoms with Crippen molar-refractivity contribution < 1.29 is 19.8 Å². The summed E-state index contributed by atoms with van der Waals surface area (Å²) >= 11 is 0. The maximum absolute atomic E-state index is 11.8. The summed E-state index contributed by atoms with van der Waals surface area (Å²) in [5.74, 6) is -1.44. The van der Waals surface area contributed by atoms with E-state index in [1.807, 2.05) is 0 Å². The molecule has 1 rings (SSSR count). The predicted octanol–water partition coefficient (Wildman–Crippen LogP) is 1.68. The van der Waals surface area contributed by atoms with Crippen molar-refractivity contribution >= 4 is 11.9 Å². The molecule has 3 N–H and O–H groups in total. The van der Waals surface area contributed by atoms with Crippen LogP contribution < -0.4 is 5.32 Å². The first-order valence-corrected chi connectivity index (χ1v) is 5.54. The first kappa shape index (κ1) is 14.0. The largest absolute Gasteiger partial charge is 0.508 e. The molecule has 0 aliphatic heterocycles. The van der Waals surface area contributed by atoms with Crippen LogP contribution in [0.25, 0.3) is 0 Å². The third-order valence-corrected chi connectivity index (χ3v) is 2.43. The molecule has 18 heavy (non-hydrogen) atoms. The number of phenols is 1. The van der Waals surface area contributed by atoms with Gasteiger partial charge in [0.1, 0.15) is 5.75 Å². The quantitative estimate of drug-likeness (QED) is 0.762. The van der Waals surface area contributed by atoms with E-state index in [-0.39, 0.29) is 11.7 Å². The van der Waals surface area contributed by atoms with Crippen LogP contribution in [-0.2, 0) is 9.59 Å². The van der Waals surface area contributed by atoms with Crippen LogP contribution in [0.4, 0.5) is 0 Å². The smallest absolute Gasteiger partial charge is 0.330 e. The second kappa shape index (κ2) is 5.08. The summed E-state index contributed by atoms with van der Waals surface area (Å²) in [7, 11) is 0. The summed E-state index contributed by atoms with van der Waals surface area (Å²) in [6.45, 7) is 5.12. The summed E-state index contributed by atoms with van der Waals surface area (Å²) in [6, 6.07) is 4.59. The van der Waals surface area contributed by atoms with E-state index in [1.54, 1.807) is 20.8 Å². The number of aromatic hydroxyl groups is 1. The third-order valence-electron chi connectivity index (χ3n) is 2.43. The molecule has 0 aliphatic rings. The molecule has 98 valence electrons. The van der Waals surface area contributed by atoms with Crippen molar-refractivity contribution in [3.8, 4) is 5.75 Å². The maximum Gasteiger partial charge on any atom is 0.330 e. The Kier molecular flexibility index (Phi) is 3.96. The van der Waals surface area contributed by atoms with E-state index in [2.05, 4.69) is 5.32 Å². The molecule has 0 bridgehead atoms. The van der Waals surface area contributed by atoms with Crippen molar-refractivity contribution in [2.24, 2.45) is 5.41 Å². The highest BCUT2D eigenvalue weighted by atomic mass is 16.4. The number of carboxylic acid groups (broad SMARTS) is 1. The molecule has 0 radical (unpaired) electrons. The lowest BCUT2D eigenvalue weighted by Crippen LogP contribution is -2.40. The Labute approximate surface area is 105 Å².